The van der Waals surface area contributed by atoms with E-state index in [4.69, 9.17) is 0 Å². The predicted octanol–water partition coefficient (Wildman–Crippen LogP) is 6.88. The molecule has 206 valence electrons. The number of alkyl halides is 3. The third kappa shape index (κ3) is 6.14. The van der Waals surface area contributed by atoms with E-state index in [1.165, 1.54) is 11.3 Å². The second-order valence-corrected chi connectivity index (χ2v) is 12.1. The fraction of sp³-hybridized carbons (Fsp3) is 0.429. The van der Waals surface area contributed by atoms with Crippen LogP contribution < -0.4 is 5.32 Å². The summed E-state index contributed by atoms with van der Waals surface area (Å²) >= 11 is 1.33. The van der Waals surface area contributed by atoms with E-state index in [0.29, 0.717) is 29.5 Å². The summed E-state index contributed by atoms with van der Waals surface area (Å²) in [6.07, 6.45) is 5.44. The van der Waals surface area contributed by atoms with Gasteiger partial charge in [-0.1, -0.05) is 26.0 Å². The largest absolute Gasteiger partial charge is 0.481 e. The normalized spacial score (nSPS) is 23.2. The van der Waals surface area contributed by atoms with Crippen LogP contribution in [0.25, 0.3) is 16.5 Å². The van der Waals surface area contributed by atoms with E-state index in [-0.39, 0.29) is 12.4 Å². The van der Waals surface area contributed by atoms with Gasteiger partial charge in [-0.05, 0) is 78.8 Å². The van der Waals surface area contributed by atoms with Crippen LogP contribution in [0.4, 0.5) is 24.8 Å². The van der Waals surface area contributed by atoms with Crippen LogP contribution in [0, 0.1) is 17.3 Å². The Morgan fingerprint density at radius 3 is 2.62 bits per heavy atom. The monoisotopic (exact) mass is 558 g/mol. The van der Waals surface area contributed by atoms with Crippen LogP contribution in [0.15, 0.2) is 42.7 Å². The van der Waals surface area contributed by atoms with Gasteiger partial charge in [-0.3, -0.25) is 4.79 Å². The lowest BCUT2D eigenvalue weighted by molar-refractivity contribution is -0.154. The van der Waals surface area contributed by atoms with Crippen LogP contribution in [0.1, 0.15) is 62.2 Å². The lowest BCUT2D eigenvalue weighted by Gasteiger charge is -2.44. The molecule has 39 heavy (non-hydrogen) atoms. The van der Waals surface area contributed by atoms with Crippen molar-refractivity contribution in [1.82, 2.24) is 15.0 Å². The lowest BCUT2D eigenvalue weighted by Crippen LogP contribution is -2.44. The number of carbonyl (C=O) groups is 1. The molecule has 2 aliphatic rings. The quantitative estimate of drug-likeness (QED) is 0.290. The first kappa shape index (κ1) is 27.3. The number of thiazole rings is 1. The minimum absolute atomic E-state index is 0.171. The second-order valence-electron chi connectivity index (χ2n) is 11.1. The van der Waals surface area contributed by atoms with E-state index in [1.54, 1.807) is 12.3 Å². The zero-order chi connectivity index (χ0) is 28.0. The molecule has 0 saturated heterocycles. The zero-order valence-corrected chi connectivity index (χ0v) is 22.3. The molecule has 0 radical (unpaired) electrons. The number of aromatic nitrogens is 3. The summed E-state index contributed by atoms with van der Waals surface area (Å²) in [5, 5.41) is 24.5. The van der Waals surface area contributed by atoms with Crippen molar-refractivity contribution < 1.29 is 28.2 Å². The highest BCUT2D eigenvalue weighted by Crippen LogP contribution is 2.51. The molecule has 7 nitrogen and oxygen atoms in total. The SMILES string of the molecule is CC1(C)CC(O)(c2ncc(-c3cc(C=CC4CC4)cc(Nc4nccc(C(F)(F)F)n4)c3)s2)CCC1C(=O)O. The number of aliphatic hydroxyl groups is 1. The van der Waals surface area contributed by atoms with Gasteiger partial charge in [-0.2, -0.15) is 13.2 Å². The minimum Gasteiger partial charge on any atom is -0.481 e. The highest BCUT2D eigenvalue weighted by atomic mass is 32.1. The lowest BCUT2D eigenvalue weighted by atomic mass is 9.63. The summed E-state index contributed by atoms with van der Waals surface area (Å²) < 4.78 is 39.5. The highest BCUT2D eigenvalue weighted by molar-refractivity contribution is 7.15. The smallest absolute Gasteiger partial charge is 0.433 e. The fourth-order valence-electron chi connectivity index (χ4n) is 5.21. The Kier molecular flexibility index (Phi) is 7.00. The van der Waals surface area contributed by atoms with E-state index in [9.17, 15) is 28.2 Å². The summed E-state index contributed by atoms with van der Waals surface area (Å²) in [6.45, 7) is 3.71. The van der Waals surface area contributed by atoms with E-state index in [1.807, 2.05) is 32.1 Å². The van der Waals surface area contributed by atoms with Crippen molar-refractivity contribution in [2.24, 2.45) is 17.3 Å². The number of nitrogens with one attached hydrogen (secondary N) is 1. The molecule has 3 N–H and O–H groups in total. The van der Waals surface area contributed by atoms with Crippen molar-refractivity contribution in [3.05, 3.63) is 59.0 Å². The first-order valence-corrected chi connectivity index (χ1v) is 13.6. The van der Waals surface area contributed by atoms with E-state index >= 15 is 0 Å². The Balaban J connectivity index is 1.45. The molecule has 0 spiro atoms. The summed E-state index contributed by atoms with van der Waals surface area (Å²) in [7, 11) is 0. The molecule has 2 atom stereocenters. The van der Waals surface area contributed by atoms with Crippen LogP contribution in [0.2, 0.25) is 0 Å². The van der Waals surface area contributed by atoms with Crippen LogP contribution in [-0.2, 0) is 16.6 Å². The number of hydrogen-bond donors (Lipinski definition) is 3. The summed E-state index contributed by atoms with van der Waals surface area (Å²) in [4.78, 5) is 24.5. The Morgan fingerprint density at radius 1 is 1.18 bits per heavy atom. The predicted molar refractivity (Wildman–Crippen MR) is 142 cm³/mol. The summed E-state index contributed by atoms with van der Waals surface area (Å²) in [6, 6.07) is 6.38. The maximum Gasteiger partial charge on any atom is 0.433 e. The molecule has 2 saturated carbocycles. The number of halogens is 3. The van der Waals surface area contributed by atoms with Crippen molar-refractivity contribution in [2.75, 3.05) is 5.32 Å². The molecule has 2 unspecified atom stereocenters. The number of carboxylic acid groups (broad SMARTS) is 1. The number of hydrogen-bond acceptors (Lipinski definition) is 7. The van der Waals surface area contributed by atoms with Gasteiger partial charge in [0, 0.05) is 18.1 Å². The van der Waals surface area contributed by atoms with Crippen LogP contribution in [0.3, 0.4) is 0 Å². The van der Waals surface area contributed by atoms with Gasteiger partial charge < -0.3 is 15.5 Å². The molecule has 3 aromatic rings. The second kappa shape index (κ2) is 10.0. The molecule has 0 bridgehead atoms. The Labute approximate surface area is 227 Å². The first-order chi connectivity index (χ1) is 18.3. The Hall–Kier alpha value is -3.31. The van der Waals surface area contributed by atoms with Crippen LogP contribution in [-0.4, -0.2) is 31.1 Å². The summed E-state index contributed by atoms with van der Waals surface area (Å²) in [5.74, 6) is -1.04. The average Bonchev–Trinajstić information content (AvgIpc) is 3.53. The number of carboxylic acids is 1. The van der Waals surface area contributed by atoms with Gasteiger partial charge in [0.15, 0.2) is 0 Å². The minimum atomic E-state index is -4.59. The average molecular weight is 559 g/mol. The molecule has 1 aromatic carbocycles. The molecular weight excluding hydrogens is 529 g/mol. The highest BCUT2D eigenvalue weighted by Gasteiger charge is 2.49. The first-order valence-electron chi connectivity index (χ1n) is 12.7. The molecule has 2 aromatic heterocycles. The molecule has 2 aliphatic carbocycles. The van der Waals surface area contributed by atoms with Crippen molar-refractivity contribution in [3.63, 3.8) is 0 Å². The molecular formula is C28H29F3N4O3S. The van der Waals surface area contributed by atoms with Gasteiger partial charge in [0.25, 0.3) is 0 Å². The van der Waals surface area contributed by atoms with Gasteiger partial charge in [0.1, 0.15) is 16.3 Å². The Bertz CT molecular complexity index is 1420. The van der Waals surface area contributed by atoms with Crippen molar-refractivity contribution in [2.45, 2.75) is 57.7 Å². The molecule has 0 aliphatic heterocycles. The van der Waals surface area contributed by atoms with Gasteiger partial charge in [0.05, 0.1) is 10.8 Å². The topological polar surface area (TPSA) is 108 Å². The number of aliphatic carboxylic acids is 1. The van der Waals surface area contributed by atoms with Gasteiger partial charge in [-0.25, -0.2) is 15.0 Å². The number of benzene rings is 1. The molecule has 2 heterocycles. The van der Waals surface area contributed by atoms with Gasteiger partial charge >= 0.3 is 12.1 Å². The van der Waals surface area contributed by atoms with Gasteiger partial charge in [0.2, 0.25) is 5.95 Å². The third-order valence-corrected chi connectivity index (χ3v) is 8.60. The number of allylic oxidation sites excluding steroid dienone is 1. The maximum atomic E-state index is 13.2. The fourth-order valence-corrected chi connectivity index (χ4v) is 6.23. The molecule has 5 rings (SSSR count). The van der Waals surface area contributed by atoms with Crippen LogP contribution >= 0.6 is 11.3 Å². The molecule has 2 fully saturated rings. The van der Waals surface area contributed by atoms with E-state index in [2.05, 4.69) is 26.3 Å². The van der Waals surface area contributed by atoms with Crippen molar-refractivity contribution >= 4 is 35.0 Å². The maximum absolute atomic E-state index is 13.2. The van der Waals surface area contributed by atoms with Crippen LogP contribution in [0.5, 0.6) is 0 Å². The Morgan fingerprint density at radius 2 is 1.95 bits per heavy atom. The van der Waals surface area contributed by atoms with Gasteiger partial charge in [-0.15, -0.1) is 11.3 Å². The summed E-state index contributed by atoms with van der Waals surface area (Å²) in [5.41, 5.74) is -0.751. The molecule has 0 amide bonds. The zero-order valence-electron chi connectivity index (χ0n) is 21.5. The number of rotatable bonds is 7. The van der Waals surface area contributed by atoms with E-state index < -0.39 is 34.8 Å². The number of anilines is 2. The van der Waals surface area contributed by atoms with E-state index in [0.717, 1.165) is 41.1 Å². The standard InChI is InChI=1S/C28H29F3N4O3S/c1-26(2)15-27(38,9-7-20(26)23(36)37)24-33-14-21(39-24)18-11-17(6-5-16-3-4-16)12-19(13-18)34-25-32-10-8-22(35-25)28(29,30)31/h5-6,8,10-14,16,20,38H,3-4,7,9,15H2,1-2H3,(H,36,37)(H,32,34,35). The number of nitrogens with zero attached hydrogens (tertiary/aromatic N) is 3. The van der Waals surface area contributed by atoms with Crippen molar-refractivity contribution in [1.29, 1.82) is 0 Å². The third-order valence-electron chi connectivity index (χ3n) is 7.36. The molecule has 11 heteroatoms. The van der Waals surface area contributed by atoms with Crippen molar-refractivity contribution in [3.8, 4) is 10.4 Å².